The van der Waals surface area contributed by atoms with Crippen LogP contribution in [0.15, 0.2) is 0 Å². The van der Waals surface area contributed by atoms with E-state index in [9.17, 15) is 9.90 Å². The van der Waals surface area contributed by atoms with Crippen LogP contribution in [-0.4, -0.2) is 45.9 Å². The van der Waals surface area contributed by atoms with E-state index in [-0.39, 0.29) is 6.09 Å². The van der Waals surface area contributed by atoms with E-state index in [4.69, 9.17) is 10.5 Å². The predicted molar refractivity (Wildman–Crippen MR) is 77.4 cm³/mol. The zero-order valence-electron chi connectivity index (χ0n) is 12.9. The van der Waals surface area contributed by atoms with E-state index >= 15 is 0 Å². The largest absolute Gasteiger partial charge is 0.444 e. The van der Waals surface area contributed by atoms with Gasteiger partial charge in [-0.05, 0) is 40.0 Å². The molecule has 1 saturated carbocycles. The smallest absolute Gasteiger partial charge is 0.410 e. The summed E-state index contributed by atoms with van der Waals surface area (Å²) in [4.78, 5) is 13.7. The molecule has 0 spiro atoms. The summed E-state index contributed by atoms with van der Waals surface area (Å²) < 4.78 is 5.39. The molecule has 1 aliphatic carbocycles. The summed E-state index contributed by atoms with van der Waals surface area (Å²) in [7, 11) is 0. The Kier molecular flexibility index (Phi) is 4.04. The molecule has 0 radical (unpaired) electrons. The van der Waals surface area contributed by atoms with Gasteiger partial charge in [0, 0.05) is 13.1 Å². The molecule has 0 aromatic rings. The Balaban J connectivity index is 2.02. The lowest BCUT2D eigenvalue weighted by molar-refractivity contribution is -0.0610. The van der Waals surface area contributed by atoms with Crippen molar-refractivity contribution in [3.8, 4) is 0 Å². The zero-order chi connectivity index (χ0) is 15.0. The fourth-order valence-corrected chi connectivity index (χ4v) is 3.33. The standard InChI is InChI=1S/C15H28N2O3/c1-13(2,3)20-12(18)17-10-9-14(16,11-17)15(19)7-5-4-6-8-15/h19H,4-11,16H2,1-3H3. The minimum absolute atomic E-state index is 0.329. The third kappa shape index (κ3) is 3.09. The van der Waals surface area contributed by atoms with Gasteiger partial charge >= 0.3 is 6.09 Å². The van der Waals surface area contributed by atoms with Gasteiger partial charge in [0.05, 0.1) is 11.1 Å². The van der Waals surface area contributed by atoms with Crippen LogP contribution in [0.2, 0.25) is 0 Å². The van der Waals surface area contributed by atoms with Gasteiger partial charge in [-0.1, -0.05) is 19.3 Å². The van der Waals surface area contributed by atoms with Crippen molar-refractivity contribution in [3.63, 3.8) is 0 Å². The lowest BCUT2D eigenvalue weighted by atomic mass is 9.70. The summed E-state index contributed by atoms with van der Waals surface area (Å²) in [5.41, 5.74) is 4.44. The Morgan fingerprint density at radius 2 is 1.80 bits per heavy atom. The molecule has 2 rings (SSSR count). The molecular weight excluding hydrogens is 256 g/mol. The number of rotatable bonds is 1. The van der Waals surface area contributed by atoms with E-state index in [1.165, 1.54) is 0 Å². The van der Waals surface area contributed by atoms with Gasteiger partial charge in [0.15, 0.2) is 0 Å². The molecule has 2 fully saturated rings. The molecule has 116 valence electrons. The van der Waals surface area contributed by atoms with Crippen molar-refractivity contribution >= 4 is 6.09 Å². The predicted octanol–water partition coefficient (Wildman–Crippen LogP) is 2.02. The van der Waals surface area contributed by atoms with Crippen molar-refractivity contribution in [2.24, 2.45) is 5.73 Å². The highest BCUT2D eigenvalue weighted by Gasteiger charge is 2.52. The minimum atomic E-state index is -0.831. The van der Waals surface area contributed by atoms with Crippen LogP contribution >= 0.6 is 0 Å². The maximum Gasteiger partial charge on any atom is 0.410 e. The molecule has 1 saturated heterocycles. The van der Waals surface area contributed by atoms with Crippen LogP contribution in [0.3, 0.4) is 0 Å². The second-order valence-electron chi connectivity index (χ2n) is 7.40. The third-order valence-electron chi connectivity index (χ3n) is 4.56. The summed E-state index contributed by atoms with van der Waals surface area (Å²) in [6, 6.07) is 0. The number of nitrogens with two attached hydrogens (primary N) is 1. The average Bonchev–Trinajstić information content (AvgIpc) is 2.73. The van der Waals surface area contributed by atoms with Gasteiger partial charge in [-0.25, -0.2) is 4.79 Å². The lowest BCUT2D eigenvalue weighted by Gasteiger charge is -2.44. The van der Waals surface area contributed by atoms with Crippen LogP contribution in [0.5, 0.6) is 0 Å². The van der Waals surface area contributed by atoms with Crippen molar-refractivity contribution in [2.45, 2.75) is 76.0 Å². The quantitative estimate of drug-likeness (QED) is 0.772. The molecule has 1 amide bonds. The number of hydrogen-bond donors (Lipinski definition) is 2. The second kappa shape index (κ2) is 5.19. The maximum absolute atomic E-state index is 12.1. The highest BCUT2D eigenvalue weighted by Crippen LogP contribution is 2.40. The van der Waals surface area contributed by atoms with Gasteiger partial charge in [-0.15, -0.1) is 0 Å². The normalized spacial score (nSPS) is 30.4. The first kappa shape index (κ1) is 15.6. The van der Waals surface area contributed by atoms with E-state index in [0.29, 0.717) is 19.5 Å². The molecule has 1 unspecified atom stereocenters. The van der Waals surface area contributed by atoms with E-state index in [2.05, 4.69) is 0 Å². The number of amides is 1. The third-order valence-corrected chi connectivity index (χ3v) is 4.56. The summed E-state index contributed by atoms with van der Waals surface area (Å²) in [5.74, 6) is 0. The van der Waals surface area contributed by atoms with Gasteiger partial charge in [0.2, 0.25) is 0 Å². The molecule has 20 heavy (non-hydrogen) atoms. The first-order chi connectivity index (χ1) is 9.15. The molecule has 0 bridgehead atoms. The average molecular weight is 284 g/mol. The highest BCUT2D eigenvalue weighted by molar-refractivity contribution is 5.68. The number of carbonyl (C=O) groups is 1. The molecule has 3 N–H and O–H groups in total. The summed E-state index contributed by atoms with van der Waals surface area (Å²) in [5, 5.41) is 10.9. The highest BCUT2D eigenvalue weighted by atomic mass is 16.6. The molecular formula is C15H28N2O3. The fraction of sp³-hybridized carbons (Fsp3) is 0.933. The summed E-state index contributed by atoms with van der Waals surface area (Å²) in [6.45, 7) is 6.51. The van der Waals surface area contributed by atoms with Crippen molar-refractivity contribution in [1.29, 1.82) is 0 Å². The number of hydrogen-bond acceptors (Lipinski definition) is 4. The number of carbonyl (C=O) groups excluding carboxylic acids is 1. The van der Waals surface area contributed by atoms with Gasteiger partial charge in [-0.2, -0.15) is 0 Å². The topological polar surface area (TPSA) is 75.8 Å². The van der Waals surface area contributed by atoms with Crippen LogP contribution in [-0.2, 0) is 4.74 Å². The van der Waals surface area contributed by atoms with Crippen LogP contribution in [0.4, 0.5) is 4.79 Å². The van der Waals surface area contributed by atoms with Gasteiger partial charge < -0.3 is 20.5 Å². The first-order valence-corrected chi connectivity index (χ1v) is 7.64. The molecule has 2 aliphatic rings. The van der Waals surface area contributed by atoms with Gasteiger partial charge in [0.25, 0.3) is 0 Å². The van der Waals surface area contributed by atoms with E-state index < -0.39 is 16.7 Å². The first-order valence-electron chi connectivity index (χ1n) is 7.64. The number of likely N-dealkylation sites (tertiary alicyclic amines) is 1. The minimum Gasteiger partial charge on any atom is -0.444 e. The molecule has 5 heteroatoms. The summed E-state index contributed by atoms with van der Waals surface area (Å²) >= 11 is 0. The molecule has 1 aliphatic heterocycles. The Morgan fingerprint density at radius 3 is 2.35 bits per heavy atom. The zero-order valence-corrected chi connectivity index (χ0v) is 12.9. The second-order valence-corrected chi connectivity index (χ2v) is 7.40. The Labute approximate surface area is 121 Å². The van der Waals surface area contributed by atoms with E-state index in [0.717, 1.165) is 32.1 Å². The van der Waals surface area contributed by atoms with Crippen molar-refractivity contribution in [2.75, 3.05) is 13.1 Å². The van der Waals surface area contributed by atoms with Crippen molar-refractivity contribution in [3.05, 3.63) is 0 Å². The maximum atomic E-state index is 12.1. The molecule has 0 aromatic carbocycles. The summed E-state index contributed by atoms with van der Waals surface area (Å²) in [6.07, 6.45) is 4.99. The number of nitrogens with zero attached hydrogens (tertiary/aromatic N) is 1. The fourth-order valence-electron chi connectivity index (χ4n) is 3.33. The Morgan fingerprint density at radius 1 is 1.20 bits per heavy atom. The van der Waals surface area contributed by atoms with Crippen LogP contribution < -0.4 is 5.73 Å². The Hall–Kier alpha value is -0.810. The van der Waals surface area contributed by atoms with E-state index in [1.807, 2.05) is 20.8 Å². The van der Waals surface area contributed by atoms with Gasteiger partial charge in [0.1, 0.15) is 5.60 Å². The molecule has 1 heterocycles. The molecule has 1 atom stereocenters. The lowest BCUT2D eigenvalue weighted by Crippen LogP contribution is -2.63. The molecule has 5 nitrogen and oxygen atoms in total. The van der Waals surface area contributed by atoms with Crippen LogP contribution in [0, 0.1) is 0 Å². The van der Waals surface area contributed by atoms with Crippen LogP contribution in [0.1, 0.15) is 59.3 Å². The Bertz CT molecular complexity index is 372. The van der Waals surface area contributed by atoms with Crippen molar-refractivity contribution in [1.82, 2.24) is 4.90 Å². The number of aliphatic hydroxyl groups is 1. The monoisotopic (exact) mass is 284 g/mol. The SMILES string of the molecule is CC(C)(C)OC(=O)N1CCC(N)(C2(O)CCCCC2)C1. The van der Waals surface area contributed by atoms with Crippen LogP contribution in [0.25, 0.3) is 0 Å². The molecule has 0 aromatic heterocycles. The number of ether oxygens (including phenoxy) is 1. The van der Waals surface area contributed by atoms with Gasteiger partial charge in [-0.3, -0.25) is 0 Å². The van der Waals surface area contributed by atoms with E-state index in [1.54, 1.807) is 4.90 Å². The van der Waals surface area contributed by atoms with Crippen molar-refractivity contribution < 1.29 is 14.6 Å².